The highest BCUT2D eigenvalue weighted by Gasteiger charge is 2.10. The van der Waals surface area contributed by atoms with Crippen LogP contribution in [0.1, 0.15) is 22.5 Å². The number of hydrogen-bond donors (Lipinski definition) is 2. The van der Waals surface area contributed by atoms with Gasteiger partial charge in [-0.25, -0.2) is 0 Å². The van der Waals surface area contributed by atoms with E-state index in [1.165, 1.54) is 18.4 Å². The number of thiophene rings is 1. The van der Waals surface area contributed by atoms with Crippen molar-refractivity contribution in [1.29, 1.82) is 0 Å². The summed E-state index contributed by atoms with van der Waals surface area (Å²) in [5, 5.41) is 6.64. The van der Waals surface area contributed by atoms with Crippen LogP contribution < -0.4 is 10.6 Å². The summed E-state index contributed by atoms with van der Waals surface area (Å²) in [6.45, 7) is -0.0530. The van der Waals surface area contributed by atoms with Gasteiger partial charge in [-0.2, -0.15) is 0 Å². The zero-order valence-electron chi connectivity index (χ0n) is 9.49. The van der Waals surface area contributed by atoms with Gasteiger partial charge in [0, 0.05) is 19.9 Å². The molecule has 92 valence electrons. The lowest BCUT2D eigenvalue weighted by molar-refractivity contribution is -0.125. The quantitative estimate of drug-likeness (QED) is 0.729. The van der Waals surface area contributed by atoms with Crippen molar-refractivity contribution in [2.75, 3.05) is 13.6 Å². The number of carbonyl (C=O) groups excluding carboxylic acids is 3. The van der Waals surface area contributed by atoms with Gasteiger partial charge in [-0.05, 0) is 11.4 Å². The molecule has 0 aliphatic heterocycles. The number of hydrogen-bond acceptors (Lipinski definition) is 4. The van der Waals surface area contributed by atoms with Crippen LogP contribution in [0.2, 0.25) is 0 Å². The van der Waals surface area contributed by atoms with E-state index in [-0.39, 0.29) is 37.0 Å². The van der Waals surface area contributed by atoms with Crippen molar-refractivity contribution in [2.24, 2.45) is 0 Å². The van der Waals surface area contributed by atoms with E-state index in [1.54, 1.807) is 12.1 Å². The third-order valence-electron chi connectivity index (χ3n) is 2.10. The van der Waals surface area contributed by atoms with Crippen molar-refractivity contribution in [3.8, 4) is 0 Å². The summed E-state index contributed by atoms with van der Waals surface area (Å²) >= 11 is 1.36. The summed E-state index contributed by atoms with van der Waals surface area (Å²) in [6.07, 6.45) is 0.272. The second kappa shape index (κ2) is 6.80. The number of carbonyl (C=O) groups is 3. The Labute approximate surface area is 103 Å². The predicted molar refractivity (Wildman–Crippen MR) is 65.0 cm³/mol. The van der Waals surface area contributed by atoms with Crippen molar-refractivity contribution in [1.82, 2.24) is 10.6 Å². The molecule has 0 unspecified atom stereocenters. The van der Waals surface area contributed by atoms with Gasteiger partial charge < -0.3 is 10.6 Å². The normalized spacial score (nSPS) is 9.71. The van der Waals surface area contributed by atoms with Crippen LogP contribution >= 0.6 is 11.3 Å². The fraction of sp³-hybridized carbons (Fsp3) is 0.364. The highest BCUT2D eigenvalue weighted by molar-refractivity contribution is 7.12. The Kier molecular flexibility index (Phi) is 5.35. The number of nitrogens with one attached hydrogen (secondary N) is 2. The lowest BCUT2D eigenvalue weighted by Crippen LogP contribution is -2.35. The lowest BCUT2D eigenvalue weighted by atomic mass is 10.2. The zero-order chi connectivity index (χ0) is 12.7. The van der Waals surface area contributed by atoms with Crippen LogP contribution in [0.15, 0.2) is 17.5 Å². The van der Waals surface area contributed by atoms with Crippen LogP contribution in [0.5, 0.6) is 0 Å². The van der Waals surface area contributed by atoms with Crippen molar-refractivity contribution in [3.05, 3.63) is 22.4 Å². The molecule has 1 heterocycles. The summed E-state index contributed by atoms with van der Waals surface area (Å²) in [6, 6.07) is 3.53. The van der Waals surface area contributed by atoms with Gasteiger partial charge in [0.1, 0.15) is 0 Å². The van der Waals surface area contributed by atoms with E-state index in [0.29, 0.717) is 4.88 Å². The molecule has 1 aromatic heterocycles. The Hall–Kier alpha value is -1.69. The van der Waals surface area contributed by atoms with Gasteiger partial charge in [-0.3, -0.25) is 14.4 Å². The molecule has 2 amide bonds. The van der Waals surface area contributed by atoms with Crippen LogP contribution in [-0.4, -0.2) is 31.2 Å². The average molecular weight is 254 g/mol. The van der Waals surface area contributed by atoms with E-state index in [1.807, 2.05) is 5.38 Å². The largest absolute Gasteiger partial charge is 0.358 e. The molecule has 0 aromatic carbocycles. The van der Waals surface area contributed by atoms with Gasteiger partial charge in [-0.15, -0.1) is 11.3 Å². The van der Waals surface area contributed by atoms with E-state index in [2.05, 4.69) is 10.6 Å². The molecule has 1 rings (SSSR count). The minimum absolute atomic E-state index is 0.0462. The summed E-state index contributed by atoms with van der Waals surface area (Å²) in [5.74, 6) is -0.600. The molecule has 0 radical (unpaired) electrons. The SMILES string of the molecule is CNC(=O)CNC(=O)CCC(=O)c1cccs1. The van der Waals surface area contributed by atoms with Gasteiger partial charge in [0.25, 0.3) is 0 Å². The van der Waals surface area contributed by atoms with Gasteiger partial charge in [-0.1, -0.05) is 6.07 Å². The van der Waals surface area contributed by atoms with Crippen molar-refractivity contribution < 1.29 is 14.4 Å². The van der Waals surface area contributed by atoms with Crippen LogP contribution in [0, 0.1) is 0 Å². The van der Waals surface area contributed by atoms with Crippen LogP contribution in [0.25, 0.3) is 0 Å². The first-order valence-corrected chi connectivity index (χ1v) is 6.05. The second-order valence-electron chi connectivity index (χ2n) is 3.35. The third-order valence-corrected chi connectivity index (χ3v) is 3.01. The molecular formula is C11H14N2O3S. The zero-order valence-corrected chi connectivity index (χ0v) is 10.3. The molecule has 17 heavy (non-hydrogen) atoms. The Morgan fingerprint density at radius 1 is 1.24 bits per heavy atom. The van der Waals surface area contributed by atoms with Crippen LogP contribution in [-0.2, 0) is 9.59 Å². The standard InChI is InChI=1S/C11H14N2O3S/c1-12-11(16)7-13-10(15)5-4-8(14)9-3-2-6-17-9/h2-3,6H,4-5,7H2,1H3,(H,12,16)(H,13,15). The van der Waals surface area contributed by atoms with E-state index >= 15 is 0 Å². The van der Waals surface area contributed by atoms with E-state index in [9.17, 15) is 14.4 Å². The lowest BCUT2D eigenvalue weighted by Gasteiger charge is -2.03. The molecule has 0 atom stereocenters. The molecule has 0 fully saturated rings. The van der Waals surface area contributed by atoms with Crippen LogP contribution in [0.4, 0.5) is 0 Å². The summed E-state index contributed by atoms with van der Waals surface area (Å²) in [7, 11) is 1.49. The molecule has 0 aliphatic rings. The number of rotatable bonds is 6. The third kappa shape index (κ3) is 4.78. The van der Waals surface area contributed by atoms with Crippen molar-refractivity contribution >= 4 is 28.9 Å². The minimum atomic E-state index is -0.293. The predicted octanol–water partition coefficient (Wildman–Crippen LogP) is 0.573. The Morgan fingerprint density at radius 2 is 2.00 bits per heavy atom. The highest BCUT2D eigenvalue weighted by Crippen LogP contribution is 2.11. The Balaban J connectivity index is 2.24. The molecule has 0 saturated carbocycles. The molecule has 0 saturated heterocycles. The number of likely N-dealkylation sites (N-methyl/N-ethyl adjacent to an activating group) is 1. The average Bonchev–Trinajstić information content (AvgIpc) is 2.86. The Bertz CT molecular complexity index is 401. The van der Waals surface area contributed by atoms with Crippen molar-refractivity contribution in [2.45, 2.75) is 12.8 Å². The minimum Gasteiger partial charge on any atom is -0.358 e. The molecule has 2 N–H and O–H groups in total. The molecule has 1 aromatic rings. The van der Waals surface area contributed by atoms with Crippen molar-refractivity contribution in [3.63, 3.8) is 0 Å². The van der Waals surface area contributed by atoms with Gasteiger partial charge in [0.05, 0.1) is 11.4 Å². The molecule has 0 bridgehead atoms. The van der Waals surface area contributed by atoms with E-state index in [0.717, 1.165) is 0 Å². The van der Waals surface area contributed by atoms with Gasteiger partial charge in [0.15, 0.2) is 5.78 Å². The number of ketones is 1. The summed E-state index contributed by atoms with van der Waals surface area (Å²) in [4.78, 5) is 34.4. The summed E-state index contributed by atoms with van der Waals surface area (Å²) in [5.41, 5.74) is 0. The van der Waals surface area contributed by atoms with Gasteiger partial charge >= 0.3 is 0 Å². The molecule has 5 nitrogen and oxygen atoms in total. The first kappa shape index (κ1) is 13.4. The van der Waals surface area contributed by atoms with Gasteiger partial charge in [0.2, 0.25) is 11.8 Å². The topological polar surface area (TPSA) is 75.3 Å². The molecule has 0 spiro atoms. The molecule has 0 aliphatic carbocycles. The maximum Gasteiger partial charge on any atom is 0.239 e. The maximum atomic E-state index is 11.6. The first-order chi connectivity index (χ1) is 8.13. The second-order valence-corrected chi connectivity index (χ2v) is 4.30. The van der Waals surface area contributed by atoms with Crippen LogP contribution in [0.3, 0.4) is 0 Å². The maximum absolute atomic E-state index is 11.6. The smallest absolute Gasteiger partial charge is 0.239 e. The summed E-state index contributed by atoms with van der Waals surface area (Å²) < 4.78 is 0. The van der Waals surface area contributed by atoms with E-state index in [4.69, 9.17) is 0 Å². The molecular weight excluding hydrogens is 240 g/mol. The Morgan fingerprint density at radius 3 is 2.59 bits per heavy atom. The monoisotopic (exact) mass is 254 g/mol. The van der Waals surface area contributed by atoms with E-state index < -0.39 is 0 Å². The fourth-order valence-corrected chi connectivity index (χ4v) is 1.84. The highest BCUT2D eigenvalue weighted by atomic mass is 32.1. The first-order valence-electron chi connectivity index (χ1n) is 5.17. The fourth-order valence-electron chi connectivity index (χ4n) is 1.14. The number of Topliss-reactive ketones (excluding diaryl/α,β-unsaturated/α-hetero) is 1. The number of amides is 2. The molecule has 6 heteroatoms.